The molecule has 1 nitrogen and oxygen atoms in total. The minimum Gasteiger partial charge on any atom is -0.314 e. The van der Waals surface area contributed by atoms with E-state index in [1.165, 1.54) is 32.1 Å². The molecule has 1 N–H and O–H groups in total. The summed E-state index contributed by atoms with van der Waals surface area (Å²) in [6, 6.07) is 0.760. The van der Waals surface area contributed by atoms with Crippen LogP contribution >= 0.6 is 0 Å². The van der Waals surface area contributed by atoms with Gasteiger partial charge in [-0.25, -0.2) is 0 Å². The molecule has 1 rings (SSSR count). The van der Waals surface area contributed by atoms with Gasteiger partial charge >= 0.3 is 0 Å². The third-order valence-electron chi connectivity index (χ3n) is 3.15. The molecule has 0 saturated heterocycles. The Balaban J connectivity index is 2.01. The van der Waals surface area contributed by atoms with E-state index >= 15 is 0 Å². The minimum absolute atomic E-state index is 0.566. The fourth-order valence-electron chi connectivity index (χ4n) is 2.27. The molecule has 14 heavy (non-hydrogen) atoms. The van der Waals surface area contributed by atoms with Gasteiger partial charge < -0.3 is 5.32 Å². The van der Waals surface area contributed by atoms with Crippen molar-refractivity contribution in [1.82, 2.24) is 5.32 Å². The van der Waals surface area contributed by atoms with Gasteiger partial charge in [0.15, 0.2) is 0 Å². The zero-order chi connectivity index (χ0) is 10.4. The second-order valence-corrected chi connectivity index (χ2v) is 5.22. The summed E-state index contributed by atoms with van der Waals surface area (Å²) in [5.41, 5.74) is 0.566. The predicted molar refractivity (Wildman–Crippen MR) is 62.1 cm³/mol. The molecule has 0 aromatic heterocycles. The van der Waals surface area contributed by atoms with Crippen LogP contribution in [0.4, 0.5) is 0 Å². The van der Waals surface area contributed by atoms with Crippen LogP contribution in [0.3, 0.4) is 0 Å². The first-order chi connectivity index (χ1) is 6.64. The maximum Gasteiger partial charge on any atom is 0.00865 e. The molecular weight excluding hydrogens is 170 g/mol. The number of terminal acetylenes is 1. The van der Waals surface area contributed by atoms with Crippen LogP contribution in [0.15, 0.2) is 0 Å². The zero-order valence-corrected chi connectivity index (χ0v) is 9.60. The van der Waals surface area contributed by atoms with Gasteiger partial charge in [-0.2, -0.15) is 0 Å². The Bertz CT molecular complexity index is 200. The molecule has 0 spiro atoms. The van der Waals surface area contributed by atoms with Gasteiger partial charge in [0, 0.05) is 12.5 Å². The monoisotopic (exact) mass is 193 g/mol. The molecule has 0 aromatic carbocycles. The second-order valence-electron chi connectivity index (χ2n) is 5.22. The maximum absolute atomic E-state index is 5.20. The maximum atomic E-state index is 5.20. The van der Waals surface area contributed by atoms with E-state index in [2.05, 4.69) is 25.1 Å². The van der Waals surface area contributed by atoms with Gasteiger partial charge in [0.2, 0.25) is 0 Å². The Morgan fingerprint density at radius 1 is 1.43 bits per heavy atom. The lowest BCUT2D eigenvalue weighted by atomic mass is 9.92. The standard InChI is InChI=1S/C13H23N/c1-4-5-6-7-10-14-12-8-9-13(2,3)11-12/h1,12,14H,5-11H2,2-3H3. The highest BCUT2D eigenvalue weighted by Crippen LogP contribution is 2.36. The summed E-state index contributed by atoms with van der Waals surface area (Å²) in [5.74, 6) is 2.68. The van der Waals surface area contributed by atoms with Crippen LogP contribution in [-0.2, 0) is 0 Å². The van der Waals surface area contributed by atoms with Crippen molar-refractivity contribution in [2.24, 2.45) is 5.41 Å². The van der Waals surface area contributed by atoms with Gasteiger partial charge in [0.1, 0.15) is 0 Å². The van der Waals surface area contributed by atoms with E-state index in [4.69, 9.17) is 6.42 Å². The molecule has 0 aromatic rings. The van der Waals surface area contributed by atoms with Crippen molar-refractivity contribution in [1.29, 1.82) is 0 Å². The van der Waals surface area contributed by atoms with Crippen molar-refractivity contribution in [2.75, 3.05) is 6.54 Å². The zero-order valence-electron chi connectivity index (χ0n) is 9.60. The van der Waals surface area contributed by atoms with Gasteiger partial charge in [0.05, 0.1) is 0 Å². The van der Waals surface area contributed by atoms with Crippen molar-refractivity contribution in [2.45, 2.75) is 58.4 Å². The average Bonchev–Trinajstić information content (AvgIpc) is 2.45. The fraction of sp³-hybridized carbons (Fsp3) is 0.846. The topological polar surface area (TPSA) is 12.0 Å². The summed E-state index contributed by atoms with van der Waals surface area (Å²) in [6.45, 7) is 5.88. The lowest BCUT2D eigenvalue weighted by Crippen LogP contribution is -2.28. The van der Waals surface area contributed by atoms with Crippen LogP contribution < -0.4 is 5.32 Å². The molecule has 1 atom stereocenters. The first-order valence-electron chi connectivity index (χ1n) is 5.81. The fourth-order valence-corrected chi connectivity index (χ4v) is 2.27. The molecule has 0 aliphatic heterocycles. The van der Waals surface area contributed by atoms with Gasteiger partial charge in [-0.05, 0) is 44.1 Å². The smallest absolute Gasteiger partial charge is 0.00865 e. The van der Waals surface area contributed by atoms with Crippen LogP contribution in [0.1, 0.15) is 52.4 Å². The van der Waals surface area contributed by atoms with Crippen LogP contribution in [0, 0.1) is 17.8 Å². The van der Waals surface area contributed by atoms with Crippen molar-refractivity contribution >= 4 is 0 Å². The SMILES string of the molecule is C#CCCCCNC1CCC(C)(C)C1. The van der Waals surface area contributed by atoms with Crippen molar-refractivity contribution in [3.63, 3.8) is 0 Å². The first kappa shape index (κ1) is 11.6. The summed E-state index contributed by atoms with van der Waals surface area (Å²) < 4.78 is 0. The van der Waals surface area contributed by atoms with Gasteiger partial charge in [0.25, 0.3) is 0 Å². The minimum atomic E-state index is 0.566. The molecule has 1 aliphatic carbocycles. The third-order valence-corrected chi connectivity index (χ3v) is 3.15. The molecule has 0 radical (unpaired) electrons. The Morgan fingerprint density at radius 2 is 2.21 bits per heavy atom. The average molecular weight is 193 g/mol. The number of rotatable bonds is 5. The van der Waals surface area contributed by atoms with E-state index in [1.807, 2.05) is 0 Å². The summed E-state index contributed by atoms with van der Waals surface area (Å²) in [7, 11) is 0. The highest BCUT2D eigenvalue weighted by molar-refractivity contribution is 4.86. The lowest BCUT2D eigenvalue weighted by Gasteiger charge is -2.17. The Kier molecular flexibility index (Phi) is 4.48. The summed E-state index contributed by atoms with van der Waals surface area (Å²) in [5, 5.41) is 3.63. The highest BCUT2D eigenvalue weighted by Gasteiger charge is 2.30. The molecule has 1 aliphatic rings. The van der Waals surface area contributed by atoms with Gasteiger partial charge in [-0.1, -0.05) is 13.8 Å². The second kappa shape index (κ2) is 5.41. The first-order valence-corrected chi connectivity index (χ1v) is 5.81. The molecule has 1 saturated carbocycles. The van der Waals surface area contributed by atoms with E-state index in [0.29, 0.717) is 5.41 Å². The van der Waals surface area contributed by atoms with E-state index < -0.39 is 0 Å². The molecule has 0 heterocycles. The molecule has 1 fully saturated rings. The quantitative estimate of drug-likeness (QED) is 0.523. The Labute approximate surface area is 88.7 Å². The summed E-state index contributed by atoms with van der Waals surface area (Å²) >= 11 is 0. The molecule has 1 unspecified atom stereocenters. The molecular formula is C13H23N. The Morgan fingerprint density at radius 3 is 2.79 bits per heavy atom. The molecule has 1 heteroatoms. The van der Waals surface area contributed by atoms with Gasteiger partial charge in [-0.15, -0.1) is 12.3 Å². The lowest BCUT2D eigenvalue weighted by molar-refractivity contribution is 0.364. The van der Waals surface area contributed by atoms with Crippen molar-refractivity contribution in [3.8, 4) is 12.3 Å². The van der Waals surface area contributed by atoms with E-state index in [1.54, 1.807) is 0 Å². The number of nitrogens with one attached hydrogen (secondary N) is 1. The Hall–Kier alpha value is -0.480. The van der Waals surface area contributed by atoms with Gasteiger partial charge in [-0.3, -0.25) is 0 Å². The summed E-state index contributed by atoms with van der Waals surface area (Å²) in [4.78, 5) is 0. The van der Waals surface area contributed by atoms with E-state index in [0.717, 1.165) is 19.0 Å². The van der Waals surface area contributed by atoms with E-state index in [9.17, 15) is 0 Å². The van der Waals surface area contributed by atoms with Crippen molar-refractivity contribution in [3.05, 3.63) is 0 Å². The number of unbranched alkanes of at least 4 members (excludes halogenated alkanes) is 2. The highest BCUT2D eigenvalue weighted by atomic mass is 14.9. The third kappa shape index (κ3) is 4.15. The largest absolute Gasteiger partial charge is 0.314 e. The van der Waals surface area contributed by atoms with Crippen LogP contribution in [0.2, 0.25) is 0 Å². The van der Waals surface area contributed by atoms with Crippen LogP contribution in [-0.4, -0.2) is 12.6 Å². The van der Waals surface area contributed by atoms with Crippen molar-refractivity contribution < 1.29 is 0 Å². The molecule has 0 bridgehead atoms. The molecule has 80 valence electrons. The van der Waals surface area contributed by atoms with E-state index in [-0.39, 0.29) is 0 Å². The normalized spacial score (nSPS) is 24.8. The van der Waals surface area contributed by atoms with Crippen LogP contribution in [0.25, 0.3) is 0 Å². The molecule has 0 amide bonds. The predicted octanol–water partition coefficient (Wildman–Crippen LogP) is 2.96. The number of hydrogen-bond donors (Lipinski definition) is 1. The summed E-state index contributed by atoms with van der Waals surface area (Å²) in [6.07, 6.45) is 12.6. The van der Waals surface area contributed by atoms with Crippen LogP contribution in [0.5, 0.6) is 0 Å². The number of hydrogen-bond acceptors (Lipinski definition) is 1.